The van der Waals surface area contributed by atoms with Crippen LogP contribution in [0.2, 0.25) is 0 Å². The summed E-state index contributed by atoms with van der Waals surface area (Å²) in [6, 6.07) is 30.6. The molecule has 0 unspecified atom stereocenters. The zero-order valence-corrected chi connectivity index (χ0v) is 21.3. The maximum atomic E-state index is 13.6. The molecule has 0 atom stereocenters. The van der Waals surface area contributed by atoms with E-state index in [4.69, 9.17) is 0 Å². The summed E-state index contributed by atoms with van der Waals surface area (Å²) >= 11 is 0. The number of amides is 1. The van der Waals surface area contributed by atoms with Crippen LogP contribution in [-0.4, -0.2) is 32.0 Å². The third-order valence-corrected chi connectivity index (χ3v) is 7.98. The number of para-hydroxylation sites is 2. The van der Waals surface area contributed by atoms with Crippen LogP contribution in [0.4, 0.5) is 11.4 Å². The molecule has 9 nitrogen and oxygen atoms in total. The molecular formula is C29H22N4O5S. The van der Waals surface area contributed by atoms with Crippen LogP contribution in [0.15, 0.2) is 119 Å². The van der Waals surface area contributed by atoms with Crippen molar-refractivity contribution < 1.29 is 18.1 Å². The maximum Gasteiger partial charge on any atom is 0.289 e. The fourth-order valence-electron chi connectivity index (χ4n) is 4.38. The molecular weight excluding hydrogens is 516 g/mol. The van der Waals surface area contributed by atoms with Crippen molar-refractivity contribution in [3.05, 3.63) is 125 Å². The van der Waals surface area contributed by atoms with Crippen LogP contribution in [0, 0.1) is 10.1 Å². The molecule has 1 N–H and O–H groups in total. The van der Waals surface area contributed by atoms with Crippen molar-refractivity contribution in [2.75, 3.05) is 10.8 Å². The van der Waals surface area contributed by atoms with Gasteiger partial charge < -0.3 is 0 Å². The number of fused-ring (bicyclic) bond motifs is 2. The van der Waals surface area contributed by atoms with E-state index in [2.05, 4.69) is 16.6 Å². The SMILES string of the molecule is O=C(CN(c1ccccc1)S(=O)(=O)c1ccccc1[N+](=O)[O-])N/N=C/c1c2ccccc2cc2ccccc12. The van der Waals surface area contributed by atoms with Crippen molar-refractivity contribution in [3.8, 4) is 0 Å². The second-order valence-corrected chi connectivity index (χ2v) is 10.4. The zero-order chi connectivity index (χ0) is 27.4. The molecule has 0 saturated heterocycles. The lowest BCUT2D eigenvalue weighted by molar-refractivity contribution is -0.387. The summed E-state index contributed by atoms with van der Waals surface area (Å²) in [5.74, 6) is -0.721. The number of rotatable bonds is 8. The van der Waals surface area contributed by atoms with Crippen LogP contribution in [-0.2, 0) is 14.8 Å². The smallest absolute Gasteiger partial charge is 0.271 e. The van der Waals surface area contributed by atoms with Gasteiger partial charge in [-0.2, -0.15) is 5.10 Å². The predicted molar refractivity (Wildman–Crippen MR) is 151 cm³/mol. The Morgan fingerprint density at radius 1 is 0.846 bits per heavy atom. The van der Waals surface area contributed by atoms with Crippen molar-refractivity contribution in [2.45, 2.75) is 4.90 Å². The quantitative estimate of drug-likeness (QED) is 0.125. The van der Waals surface area contributed by atoms with Crippen LogP contribution in [0.5, 0.6) is 0 Å². The normalized spacial score (nSPS) is 11.6. The van der Waals surface area contributed by atoms with E-state index in [1.165, 1.54) is 30.5 Å². The molecule has 194 valence electrons. The van der Waals surface area contributed by atoms with Crippen LogP contribution >= 0.6 is 0 Å². The first kappa shape index (κ1) is 25.6. The Morgan fingerprint density at radius 2 is 1.41 bits per heavy atom. The number of hydrogen-bond acceptors (Lipinski definition) is 6. The predicted octanol–water partition coefficient (Wildman–Crippen LogP) is 5.25. The summed E-state index contributed by atoms with van der Waals surface area (Å²) < 4.78 is 28.0. The number of nitrogens with zero attached hydrogens (tertiary/aromatic N) is 3. The number of carbonyl (C=O) groups is 1. The molecule has 0 saturated carbocycles. The lowest BCUT2D eigenvalue weighted by Crippen LogP contribution is -2.39. The standard InChI is InChI=1S/C29H22N4O5S/c34-29(31-30-19-26-24-14-6-4-10-21(24)18-22-11-5-7-15-25(22)26)20-32(23-12-2-1-3-13-23)39(37,38)28-17-9-8-16-27(28)33(35)36/h1-19H,20H2,(H,31,34)/b30-19+. The van der Waals surface area contributed by atoms with Gasteiger partial charge in [-0.3, -0.25) is 19.2 Å². The Bertz CT molecular complexity index is 1790. The van der Waals surface area contributed by atoms with Crippen molar-refractivity contribution in [3.63, 3.8) is 0 Å². The van der Waals surface area contributed by atoms with Gasteiger partial charge in [0, 0.05) is 11.6 Å². The largest absolute Gasteiger partial charge is 0.289 e. The summed E-state index contributed by atoms with van der Waals surface area (Å²) in [6.45, 7) is -0.647. The van der Waals surface area contributed by atoms with E-state index < -0.39 is 38.0 Å². The molecule has 0 aromatic heterocycles. The fourth-order valence-corrected chi connectivity index (χ4v) is 5.96. The molecule has 0 radical (unpaired) electrons. The van der Waals surface area contributed by atoms with Gasteiger partial charge in [0.05, 0.1) is 16.8 Å². The fraction of sp³-hybridized carbons (Fsp3) is 0.0345. The number of hydrazone groups is 1. The average Bonchev–Trinajstić information content (AvgIpc) is 2.96. The van der Waals surface area contributed by atoms with Crippen molar-refractivity contribution in [1.29, 1.82) is 0 Å². The third kappa shape index (κ3) is 5.18. The summed E-state index contributed by atoms with van der Waals surface area (Å²) in [5, 5.41) is 19.6. The Hall–Kier alpha value is -5.09. The Labute approximate surface area is 224 Å². The highest BCUT2D eigenvalue weighted by atomic mass is 32.2. The molecule has 1 amide bonds. The molecule has 0 aliphatic heterocycles. The van der Waals surface area contributed by atoms with Gasteiger partial charge in [0.2, 0.25) is 0 Å². The highest BCUT2D eigenvalue weighted by Crippen LogP contribution is 2.30. The Morgan fingerprint density at radius 3 is 2.05 bits per heavy atom. The van der Waals surface area contributed by atoms with Crippen LogP contribution in [0.25, 0.3) is 21.5 Å². The molecule has 0 spiro atoms. The van der Waals surface area contributed by atoms with E-state index in [0.717, 1.165) is 43.5 Å². The van der Waals surface area contributed by atoms with Gasteiger partial charge in [-0.15, -0.1) is 0 Å². The molecule has 0 aliphatic rings. The number of benzene rings is 5. The molecule has 0 aliphatic carbocycles. The third-order valence-electron chi connectivity index (χ3n) is 6.16. The minimum absolute atomic E-state index is 0.176. The first-order valence-corrected chi connectivity index (χ1v) is 13.3. The summed E-state index contributed by atoms with van der Waals surface area (Å²) in [5.41, 5.74) is 2.81. The molecule has 0 heterocycles. The van der Waals surface area contributed by atoms with E-state index in [0.29, 0.717) is 0 Å². The first-order chi connectivity index (χ1) is 18.9. The number of anilines is 1. The lowest BCUT2D eigenvalue weighted by atomic mass is 9.97. The molecule has 5 aromatic carbocycles. The Kier molecular flexibility index (Phi) is 7.02. The maximum absolute atomic E-state index is 13.6. The van der Waals surface area contributed by atoms with E-state index in [9.17, 15) is 23.3 Å². The number of nitro benzene ring substituents is 1. The van der Waals surface area contributed by atoms with Crippen molar-refractivity contribution >= 4 is 55.1 Å². The van der Waals surface area contributed by atoms with E-state index in [1.807, 2.05) is 48.5 Å². The molecule has 0 fully saturated rings. The second kappa shape index (κ2) is 10.7. The second-order valence-electron chi connectivity index (χ2n) is 8.60. The minimum Gasteiger partial charge on any atom is -0.271 e. The van der Waals surface area contributed by atoms with Crippen LogP contribution < -0.4 is 9.73 Å². The van der Waals surface area contributed by atoms with E-state index >= 15 is 0 Å². The zero-order valence-electron chi connectivity index (χ0n) is 20.5. The Balaban J connectivity index is 1.46. The van der Waals surface area contributed by atoms with Crippen molar-refractivity contribution in [2.24, 2.45) is 5.10 Å². The molecule has 10 heteroatoms. The molecule has 0 bridgehead atoms. The van der Waals surface area contributed by atoms with Gasteiger partial charge in [-0.05, 0) is 45.8 Å². The number of nitro groups is 1. The molecule has 5 rings (SSSR count). The van der Waals surface area contributed by atoms with E-state index in [-0.39, 0.29) is 5.69 Å². The highest BCUT2D eigenvalue weighted by Gasteiger charge is 2.33. The van der Waals surface area contributed by atoms with Gasteiger partial charge in [0.1, 0.15) is 6.54 Å². The molecule has 5 aromatic rings. The number of carbonyl (C=O) groups excluding carboxylic acids is 1. The first-order valence-electron chi connectivity index (χ1n) is 11.9. The minimum atomic E-state index is -4.48. The number of hydrogen-bond donors (Lipinski definition) is 1. The van der Waals surface area contributed by atoms with E-state index in [1.54, 1.807) is 18.2 Å². The summed E-state index contributed by atoms with van der Waals surface area (Å²) in [6.07, 6.45) is 1.53. The van der Waals surface area contributed by atoms with Gasteiger partial charge in [-0.1, -0.05) is 78.9 Å². The topological polar surface area (TPSA) is 122 Å². The van der Waals surface area contributed by atoms with Gasteiger partial charge in [0.25, 0.3) is 21.6 Å². The number of sulfonamides is 1. The van der Waals surface area contributed by atoms with Gasteiger partial charge in [-0.25, -0.2) is 13.8 Å². The summed E-state index contributed by atoms with van der Waals surface area (Å²) in [7, 11) is -4.48. The van der Waals surface area contributed by atoms with Gasteiger partial charge in [0.15, 0.2) is 4.90 Å². The molecule has 39 heavy (non-hydrogen) atoms. The monoisotopic (exact) mass is 538 g/mol. The van der Waals surface area contributed by atoms with Crippen molar-refractivity contribution in [1.82, 2.24) is 5.43 Å². The van der Waals surface area contributed by atoms with Crippen LogP contribution in [0.1, 0.15) is 5.56 Å². The number of nitrogens with one attached hydrogen (secondary N) is 1. The average molecular weight is 539 g/mol. The highest BCUT2D eigenvalue weighted by molar-refractivity contribution is 7.93. The van der Waals surface area contributed by atoms with Gasteiger partial charge >= 0.3 is 0 Å². The lowest BCUT2D eigenvalue weighted by Gasteiger charge is -2.23. The van der Waals surface area contributed by atoms with Crippen LogP contribution in [0.3, 0.4) is 0 Å². The summed E-state index contributed by atoms with van der Waals surface area (Å²) in [4.78, 5) is 23.2.